The first-order valence-corrected chi connectivity index (χ1v) is 11.3. The number of aryl methyl sites for hydroxylation is 1. The van der Waals surface area contributed by atoms with Crippen molar-refractivity contribution in [3.8, 4) is 0 Å². The molecule has 4 rings (SSSR count). The van der Waals surface area contributed by atoms with Gasteiger partial charge in [0.15, 0.2) is 0 Å². The fraction of sp³-hybridized carbons (Fsp3) is 0.458. The Bertz CT molecular complexity index is 1000. The molecule has 8 nitrogen and oxygen atoms in total. The summed E-state index contributed by atoms with van der Waals surface area (Å²) in [6.45, 7) is 8.00. The Hall–Kier alpha value is -2.97. The molecule has 0 bridgehead atoms. The summed E-state index contributed by atoms with van der Waals surface area (Å²) in [5.74, 6) is 2.50. The third kappa shape index (κ3) is 5.83. The highest BCUT2D eigenvalue weighted by atomic mass is 16.5. The van der Waals surface area contributed by atoms with Crippen LogP contribution in [-0.2, 0) is 22.5 Å². The van der Waals surface area contributed by atoms with E-state index in [0.29, 0.717) is 26.1 Å². The normalized spacial score (nSPS) is 14.5. The molecule has 0 aliphatic carbocycles. The molecule has 1 aliphatic rings. The number of morpholine rings is 1. The average molecular weight is 438 g/mol. The van der Waals surface area contributed by atoms with Crippen LogP contribution < -0.4 is 10.2 Å². The summed E-state index contributed by atoms with van der Waals surface area (Å²) in [4.78, 5) is 26.5. The maximum Gasteiger partial charge on any atom is 0.221 e. The molecule has 0 saturated carbocycles. The lowest BCUT2D eigenvalue weighted by molar-refractivity contribution is -0.121. The van der Waals surface area contributed by atoms with E-state index in [4.69, 9.17) is 14.1 Å². The number of benzene rings is 1. The fourth-order valence-corrected chi connectivity index (χ4v) is 3.86. The van der Waals surface area contributed by atoms with Gasteiger partial charge in [-0.3, -0.25) is 9.69 Å². The highest BCUT2D eigenvalue weighted by Crippen LogP contribution is 2.26. The number of furan rings is 1. The van der Waals surface area contributed by atoms with Gasteiger partial charge in [-0.15, -0.1) is 0 Å². The Morgan fingerprint density at radius 2 is 2.00 bits per heavy atom. The zero-order chi connectivity index (χ0) is 22.2. The topological polar surface area (TPSA) is 83.7 Å². The van der Waals surface area contributed by atoms with E-state index in [0.717, 1.165) is 67.6 Å². The number of ether oxygens (including phenoxy) is 1. The highest BCUT2D eigenvalue weighted by molar-refractivity contribution is 5.89. The standard InChI is InChI=1S/C24H31N5O3/c1-2-22-26-21-8-4-3-7-20(21)24(27-22)29(18-19-6-5-15-32-19)11-9-23(30)25-10-12-28-13-16-31-17-14-28/h3-8,15H,2,9-14,16-18H2,1H3,(H,25,30). The zero-order valence-corrected chi connectivity index (χ0v) is 18.6. The van der Waals surface area contributed by atoms with Crippen molar-refractivity contribution in [3.63, 3.8) is 0 Å². The molecule has 1 saturated heterocycles. The van der Waals surface area contributed by atoms with Crippen molar-refractivity contribution in [1.29, 1.82) is 0 Å². The van der Waals surface area contributed by atoms with Crippen LogP contribution in [0.5, 0.6) is 0 Å². The minimum absolute atomic E-state index is 0.0387. The molecule has 0 unspecified atom stereocenters. The number of carbonyl (C=O) groups excluding carboxylic acids is 1. The van der Waals surface area contributed by atoms with Gasteiger partial charge in [0.25, 0.3) is 0 Å². The molecule has 1 aromatic carbocycles. The average Bonchev–Trinajstić information content (AvgIpc) is 3.35. The molecule has 1 amide bonds. The number of nitrogens with one attached hydrogen (secondary N) is 1. The van der Waals surface area contributed by atoms with Gasteiger partial charge in [-0.05, 0) is 24.3 Å². The Balaban J connectivity index is 1.44. The van der Waals surface area contributed by atoms with E-state index in [-0.39, 0.29) is 5.91 Å². The summed E-state index contributed by atoms with van der Waals surface area (Å²) in [6.07, 6.45) is 2.79. The van der Waals surface area contributed by atoms with Crippen LogP contribution in [0.4, 0.5) is 5.82 Å². The first-order valence-electron chi connectivity index (χ1n) is 11.3. The number of anilines is 1. The summed E-state index contributed by atoms with van der Waals surface area (Å²) in [5, 5.41) is 4.03. The number of hydrogen-bond donors (Lipinski definition) is 1. The number of rotatable bonds is 10. The molecule has 1 fully saturated rings. The van der Waals surface area contributed by atoms with Crippen LogP contribution in [0.1, 0.15) is 24.9 Å². The molecule has 0 radical (unpaired) electrons. The first-order chi connectivity index (χ1) is 15.7. The summed E-state index contributed by atoms with van der Waals surface area (Å²) < 4.78 is 11.0. The van der Waals surface area contributed by atoms with Crippen molar-refractivity contribution in [2.45, 2.75) is 26.3 Å². The molecule has 170 valence electrons. The summed E-state index contributed by atoms with van der Waals surface area (Å²) >= 11 is 0. The lowest BCUT2D eigenvalue weighted by Gasteiger charge is -2.26. The van der Waals surface area contributed by atoms with E-state index in [1.54, 1.807) is 6.26 Å². The number of hydrogen-bond acceptors (Lipinski definition) is 7. The van der Waals surface area contributed by atoms with Gasteiger partial charge in [-0.1, -0.05) is 19.1 Å². The third-order valence-corrected chi connectivity index (χ3v) is 5.63. The first kappa shape index (κ1) is 22.2. The van der Waals surface area contributed by atoms with Crippen LogP contribution in [0.15, 0.2) is 47.1 Å². The van der Waals surface area contributed by atoms with Gasteiger partial charge in [-0.25, -0.2) is 9.97 Å². The van der Waals surface area contributed by atoms with Crippen LogP contribution in [0, 0.1) is 0 Å². The Morgan fingerprint density at radius 3 is 2.78 bits per heavy atom. The highest BCUT2D eigenvalue weighted by Gasteiger charge is 2.17. The molecule has 0 spiro atoms. The zero-order valence-electron chi connectivity index (χ0n) is 18.6. The molecular weight excluding hydrogens is 406 g/mol. The van der Waals surface area contributed by atoms with E-state index >= 15 is 0 Å². The van der Waals surface area contributed by atoms with Crippen LogP contribution in [0.3, 0.4) is 0 Å². The second kappa shape index (κ2) is 11.1. The lowest BCUT2D eigenvalue weighted by atomic mass is 10.2. The maximum atomic E-state index is 12.6. The molecular formula is C24H31N5O3. The largest absolute Gasteiger partial charge is 0.467 e. The van der Waals surface area contributed by atoms with Gasteiger partial charge >= 0.3 is 0 Å². The molecule has 2 aromatic heterocycles. The monoisotopic (exact) mass is 437 g/mol. The Kier molecular flexibility index (Phi) is 7.68. The van der Waals surface area contributed by atoms with Crippen LogP contribution in [0.25, 0.3) is 10.9 Å². The van der Waals surface area contributed by atoms with Crippen molar-refractivity contribution in [2.24, 2.45) is 0 Å². The molecule has 1 N–H and O–H groups in total. The van der Waals surface area contributed by atoms with Crippen LogP contribution in [0.2, 0.25) is 0 Å². The second-order valence-electron chi connectivity index (χ2n) is 7.89. The van der Waals surface area contributed by atoms with E-state index in [9.17, 15) is 4.79 Å². The van der Waals surface area contributed by atoms with Gasteiger partial charge in [-0.2, -0.15) is 0 Å². The molecule has 8 heteroatoms. The molecule has 32 heavy (non-hydrogen) atoms. The predicted molar refractivity (Wildman–Crippen MR) is 124 cm³/mol. The number of para-hydroxylation sites is 1. The lowest BCUT2D eigenvalue weighted by Crippen LogP contribution is -2.41. The predicted octanol–water partition coefficient (Wildman–Crippen LogP) is 2.63. The third-order valence-electron chi connectivity index (χ3n) is 5.63. The summed E-state index contributed by atoms with van der Waals surface area (Å²) in [5.41, 5.74) is 0.911. The van der Waals surface area contributed by atoms with Crippen molar-refractivity contribution >= 4 is 22.6 Å². The smallest absolute Gasteiger partial charge is 0.221 e. The summed E-state index contributed by atoms with van der Waals surface area (Å²) in [6, 6.07) is 11.8. The van der Waals surface area contributed by atoms with E-state index in [1.807, 2.05) is 43.3 Å². The van der Waals surface area contributed by atoms with Crippen molar-refractivity contribution in [3.05, 3.63) is 54.2 Å². The molecule has 3 heterocycles. The quantitative estimate of drug-likeness (QED) is 0.522. The fourth-order valence-electron chi connectivity index (χ4n) is 3.86. The number of amides is 1. The minimum Gasteiger partial charge on any atom is -0.467 e. The van der Waals surface area contributed by atoms with Gasteiger partial charge in [0.05, 0.1) is 31.5 Å². The van der Waals surface area contributed by atoms with Crippen molar-refractivity contribution in [2.75, 3.05) is 50.8 Å². The van der Waals surface area contributed by atoms with Gasteiger partial charge in [0.1, 0.15) is 17.4 Å². The number of aromatic nitrogens is 2. The van der Waals surface area contributed by atoms with E-state index < -0.39 is 0 Å². The van der Waals surface area contributed by atoms with Crippen molar-refractivity contribution < 1.29 is 13.9 Å². The van der Waals surface area contributed by atoms with Gasteiger partial charge < -0.3 is 19.4 Å². The SMILES string of the molecule is CCc1nc(N(CCC(=O)NCCN2CCOCC2)Cc2ccco2)c2ccccc2n1. The van der Waals surface area contributed by atoms with Crippen LogP contribution >= 0.6 is 0 Å². The number of fused-ring (bicyclic) bond motifs is 1. The Labute approximate surface area is 188 Å². The maximum absolute atomic E-state index is 12.6. The molecule has 0 atom stereocenters. The summed E-state index contributed by atoms with van der Waals surface area (Å²) in [7, 11) is 0. The minimum atomic E-state index is 0.0387. The van der Waals surface area contributed by atoms with Crippen molar-refractivity contribution in [1.82, 2.24) is 20.2 Å². The number of nitrogens with zero attached hydrogens (tertiary/aromatic N) is 4. The van der Waals surface area contributed by atoms with E-state index in [1.165, 1.54) is 0 Å². The van der Waals surface area contributed by atoms with Gasteiger partial charge in [0, 0.05) is 51.0 Å². The number of carbonyl (C=O) groups is 1. The Morgan fingerprint density at radius 1 is 1.16 bits per heavy atom. The van der Waals surface area contributed by atoms with E-state index in [2.05, 4.69) is 20.1 Å². The second-order valence-corrected chi connectivity index (χ2v) is 7.89. The molecule has 3 aromatic rings. The van der Waals surface area contributed by atoms with Crippen LogP contribution in [-0.4, -0.2) is 66.7 Å². The van der Waals surface area contributed by atoms with Gasteiger partial charge in [0.2, 0.25) is 5.91 Å². The molecule has 1 aliphatic heterocycles.